The molecule has 32 heavy (non-hydrogen) atoms. The van der Waals surface area contributed by atoms with Crippen LogP contribution in [0.1, 0.15) is 5.56 Å². The maximum absolute atomic E-state index is 11.2. The van der Waals surface area contributed by atoms with Crippen LogP contribution in [-0.4, -0.2) is 26.2 Å². The number of benzene rings is 2. The Morgan fingerprint density at radius 2 is 1.72 bits per heavy atom. The fourth-order valence-electron chi connectivity index (χ4n) is 3.25. The smallest absolute Gasteiger partial charge is 0.780 e. The van der Waals surface area contributed by atoms with E-state index in [1.165, 1.54) is 26.5 Å². The van der Waals surface area contributed by atoms with Crippen molar-refractivity contribution in [2.75, 3.05) is 21.0 Å². The quantitative estimate of drug-likeness (QED) is 0.257. The van der Waals surface area contributed by atoms with E-state index in [4.69, 9.17) is 23.5 Å². The predicted molar refractivity (Wildman–Crippen MR) is 99.6 cm³/mol. The second kappa shape index (κ2) is 10.8. The molecule has 0 fully saturated rings. The Kier molecular flexibility index (Phi) is 9.14. The molecule has 0 saturated carbocycles. The molecule has 0 radical (unpaired) electrons. The fourth-order valence-corrected chi connectivity index (χ4v) is 3.62. The van der Waals surface area contributed by atoms with Gasteiger partial charge in [0.15, 0.2) is 23.0 Å². The average Bonchev–Trinajstić information content (AvgIpc) is 3.35. The molecule has 3 aromatic rings. The van der Waals surface area contributed by atoms with Crippen LogP contribution in [-0.2, 0) is 4.57 Å². The Hall–Kier alpha value is -1.20. The number of methoxy groups -OCH3 is 2. The van der Waals surface area contributed by atoms with E-state index in [0.29, 0.717) is 33.9 Å². The van der Waals surface area contributed by atoms with Crippen LogP contribution >= 0.6 is 7.82 Å². The first-order chi connectivity index (χ1) is 14.3. The Bertz CT molecular complexity index is 1160. The van der Waals surface area contributed by atoms with Crippen molar-refractivity contribution >= 4 is 7.82 Å². The van der Waals surface area contributed by atoms with Gasteiger partial charge in [-0.15, -0.1) is 0 Å². The van der Waals surface area contributed by atoms with Crippen molar-refractivity contribution in [3.05, 3.63) is 36.1 Å². The number of phosphoric acid groups is 1. The van der Waals surface area contributed by atoms with Gasteiger partial charge in [0, 0.05) is 11.1 Å². The zero-order chi connectivity index (χ0) is 21.5. The van der Waals surface area contributed by atoms with Crippen LogP contribution < -0.4 is 92.4 Å². The fraction of sp³-hybridized carbons (Fsp3) is 0.211. The molecule has 1 aliphatic heterocycles. The number of phosphoric ester groups is 1. The van der Waals surface area contributed by atoms with Crippen molar-refractivity contribution in [3.63, 3.8) is 0 Å². The molecule has 0 atom stereocenters. The Balaban J connectivity index is 0.00000181. The molecule has 0 bridgehead atoms. The molecule has 1 aliphatic rings. The van der Waals surface area contributed by atoms with Crippen molar-refractivity contribution in [2.45, 2.75) is 6.92 Å². The zero-order valence-corrected chi connectivity index (χ0v) is 23.1. The number of rotatable bonds is 6. The van der Waals surface area contributed by atoms with Gasteiger partial charge < -0.3 is 42.3 Å². The minimum absolute atomic E-state index is 0. The standard InChI is InChI=1S/C19H18NO9P.2Na/c1-10-4-12(7-15-18(10)27-9-26-15)17-13(8-28-20-17)11-5-14(24-2)19(25-3)16(6-11)29-30(21,22)23;;/h4-8H,9H2,1-3H3,(H2,21,22,23);;/q;2*+1/p-2. The van der Waals surface area contributed by atoms with Gasteiger partial charge in [-0.3, -0.25) is 0 Å². The summed E-state index contributed by atoms with van der Waals surface area (Å²) in [6.07, 6.45) is 1.38. The van der Waals surface area contributed by atoms with E-state index < -0.39 is 7.82 Å². The summed E-state index contributed by atoms with van der Waals surface area (Å²) in [5, 5.41) is 4.07. The van der Waals surface area contributed by atoms with E-state index in [2.05, 4.69) is 9.68 Å². The van der Waals surface area contributed by atoms with E-state index in [1.54, 1.807) is 12.1 Å². The van der Waals surface area contributed by atoms with Gasteiger partial charge in [-0.1, -0.05) is 5.16 Å². The van der Waals surface area contributed by atoms with Crippen LogP contribution in [0, 0.1) is 6.92 Å². The molecule has 0 aliphatic carbocycles. The molecule has 0 amide bonds. The second-order valence-electron chi connectivity index (χ2n) is 6.35. The number of ether oxygens (including phenoxy) is 4. The van der Waals surface area contributed by atoms with Crippen molar-refractivity contribution in [2.24, 2.45) is 0 Å². The first-order valence-corrected chi connectivity index (χ1v) is 10.1. The van der Waals surface area contributed by atoms with Crippen molar-refractivity contribution in [1.29, 1.82) is 0 Å². The maximum Gasteiger partial charge on any atom is 1.00 e. The summed E-state index contributed by atoms with van der Waals surface area (Å²) in [6, 6.07) is 6.54. The van der Waals surface area contributed by atoms with E-state index in [0.717, 1.165) is 5.56 Å². The number of aromatic nitrogens is 1. The average molecular weight is 479 g/mol. The summed E-state index contributed by atoms with van der Waals surface area (Å²) in [5.74, 6) is 1.05. The number of hydrogen-bond acceptors (Lipinski definition) is 10. The maximum atomic E-state index is 11.2. The summed E-state index contributed by atoms with van der Waals surface area (Å²) in [5.41, 5.74) is 2.94. The van der Waals surface area contributed by atoms with Crippen molar-refractivity contribution in [3.8, 4) is 51.1 Å². The minimum atomic E-state index is -5.35. The summed E-state index contributed by atoms with van der Waals surface area (Å²) >= 11 is 0. The Morgan fingerprint density at radius 3 is 2.38 bits per heavy atom. The molecule has 10 nitrogen and oxygen atoms in total. The molecule has 2 aromatic carbocycles. The first-order valence-electron chi connectivity index (χ1n) is 8.63. The van der Waals surface area contributed by atoms with E-state index in [1.807, 2.05) is 13.0 Å². The molecule has 0 unspecified atom stereocenters. The van der Waals surface area contributed by atoms with Gasteiger partial charge in [-0.05, 0) is 42.3 Å². The van der Waals surface area contributed by atoms with Crippen LogP contribution in [0.3, 0.4) is 0 Å². The SMILES string of the molecule is COc1cc(-c2conc2-c2cc(C)c3c(c2)OCO3)cc(OP(=O)([O-])[O-])c1OC.[Na+].[Na+]. The van der Waals surface area contributed by atoms with Crippen molar-refractivity contribution in [1.82, 2.24) is 5.16 Å². The third kappa shape index (κ3) is 5.47. The van der Waals surface area contributed by atoms with E-state index in [9.17, 15) is 14.4 Å². The largest absolute Gasteiger partial charge is 1.00 e. The third-order valence-electron chi connectivity index (χ3n) is 4.47. The Morgan fingerprint density at radius 1 is 1.00 bits per heavy atom. The van der Waals surface area contributed by atoms with Gasteiger partial charge >= 0.3 is 59.1 Å². The van der Waals surface area contributed by atoms with Gasteiger partial charge in [0.25, 0.3) is 0 Å². The van der Waals surface area contributed by atoms with Crippen LogP contribution in [0.25, 0.3) is 22.4 Å². The molecule has 2 heterocycles. The van der Waals surface area contributed by atoms with Gasteiger partial charge in [0.05, 0.1) is 14.2 Å². The molecule has 13 heteroatoms. The molecular formula is C19H16NNa2O9P. The number of hydrogen-bond donors (Lipinski definition) is 0. The number of fused-ring (bicyclic) bond motifs is 1. The van der Waals surface area contributed by atoms with Gasteiger partial charge in [-0.25, -0.2) is 0 Å². The van der Waals surface area contributed by atoms with E-state index in [-0.39, 0.29) is 83.2 Å². The number of aryl methyl sites for hydroxylation is 1. The van der Waals surface area contributed by atoms with Crippen molar-refractivity contribution < 1.29 is 101 Å². The molecule has 158 valence electrons. The third-order valence-corrected chi connectivity index (χ3v) is 4.89. The van der Waals surface area contributed by atoms with E-state index >= 15 is 0 Å². The van der Waals surface area contributed by atoms with Gasteiger partial charge in [-0.2, -0.15) is 0 Å². The molecule has 0 saturated heterocycles. The van der Waals surface area contributed by atoms with Gasteiger partial charge in [0.1, 0.15) is 19.8 Å². The summed E-state index contributed by atoms with van der Waals surface area (Å²) in [7, 11) is -2.68. The monoisotopic (exact) mass is 479 g/mol. The normalized spacial score (nSPS) is 11.9. The molecular weight excluding hydrogens is 463 g/mol. The molecule has 0 N–H and O–H groups in total. The Labute approximate surface area is 227 Å². The van der Waals surface area contributed by atoms with Crippen LogP contribution in [0.4, 0.5) is 0 Å². The molecule has 0 spiro atoms. The topological polar surface area (TPSA) is 135 Å². The van der Waals surface area contributed by atoms with Crippen LogP contribution in [0.15, 0.2) is 35.1 Å². The van der Waals surface area contributed by atoms with Crippen LogP contribution in [0.2, 0.25) is 0 Å². The first kappa shape index (κ1) is 27.0. The number of nitrogens with zero attached hydrogens (tertiary/aromatic N) is 1. The zero-order valence-electron chi connectivity index (χ0n) is 18.2. The summed E-state index contributed by atoms with van der Waals surface area (Å²) < 4.78 is 42.3. The van der Waals surface area contributed by atoms with Gasteiger partial charge in [0.2, 0.25) is 12.5 Å². The second-order valence-corrected chi connectivity index (χ2v) is 7.43. The molecule has 4 rings (SSSR count). The molecule has 1 aromatic heterocycles. The summed E-state index contributed by atoms with van der Waals surface area (Å²) in [6.45, 7) is 2.01. The summed E-state index contributed by atoms with van der Waals surface area (Å²) in [4.78, 5) is 22.4. The minimum Gasteiger partial charge on any atom is -0.780 e. The van der Waals surface area contributed by atoms with Crippen LogP contribution in [0.5, 0.6) is 28.7 Å². The predicted octanol–water partition coefficient (Wildman–Crippen LogP) is -3.72.